The Hall–Kier alpha value is -3.78. The molecule has 7 nitrogen and oxygen atoms in total. The van der Waals surface area contributed by atoms with Gasteiger partial charge in [0.15, 0.2) is 10.9 Å². The predicted molar refractivity (Wildman–Crippen MR) is 125 cm³/mol. The van der Waals surface area contributed by atoms with Crippen LogP contribution in [0.5, 0.6) is 0 Å². The highest BCUT2D eigenvalue weighted by molar-refractivity contribution is 7.99. The van der Waals surface area contributed by atoms with Crippen LogP contribution in [0.2, 0.25) is 0 Å². The quantitative estimate of drug-likeness (QED) is 0.133. The first kappa shape index (κ1) is 21.5. The van der Waals surface area contributed by atoms with Crippen LogP contribution in [0.15, 0.2) is 82.7 Å². The third-order valence-corrected chi connectivity index (χ3v) is 6.01. The smallest absolute Gasteiger partial charge is 0.270 e. The Morgan fingerprint density at radius 3 is 2.59 bits per heavy atom. The standard InChI is InChI=1S/C24H19N3O4S/c1-2-16-8-3-6-13-21(16)26-23(29)19-11-4-5-12-20(19)25-24(26)32-15-22(28)17-9-7-10-18(14-17)27(30)31/h3-14H,2,15H2,1H3. The molecule has 1 aromatic heterocycles. The number of para-hydroxylation sites is 2. The predicted octanol–water partition coefficient (Wildman–Crippen LogP) is 4.83. The van der Waals surface area contributed by atoms with Crippen molar-refractivity contribution in [1.82, 2.24) is 9.55 Å². The number of fused-ring (bicyclic) bond motifs is 1. The lowest BCUT2D eigenvalue weighted by Crippen LogP contribution is -2.23. The zero-order chi connectivity index (χ0) is 22.7. The van der Waals surface area contributed by atoms with Gasteiger partial charge in [0.05, 0.1) is 27.3 Å². The number of carbonyl (C=O) groups is 1. The average Bonchev–Trinajstić information content (AvgIpc) is 2.82. The lowest BCUT2D eigenvalue weighted by Gasteiger charge is -2.15. The van der Waals surface area contributed by atoms with Crippen LogP contribution in [-0.2, 0) is 6.42 Å². The van der Waals surface area contributed by atoms with E-state index in [9.17, 15) is 19.7 Å². The van der Waals surface area contributed by atoms with Crippen molar-refractivity contribution >= 4 is 34.1 Å². The van der Waals surface area contributed by atoms with Crippen molar-refractivity contribution < 1.29 is 9.72 Å². The molecule has 0 unspecified atom stereocenters. The molecule has 0 bridgehead atoms. The first-order valence-electron chi connectivity index (χ1n) is 10.00. The number of Topliss-reactive ketones (excluding diaryl/α,β-unsaturated/α-hetero) is 1. The van der Waals surface area contributed by atoms with Crippen molar-refractivity contribution in [3.05, 3.63) is 104 Å². The minimum atomic E-state index is -0.534. The Kier molecular flexibility index (Phi) is 6.13. The largest absolute Gasteiger partial charge is 0.293 e. The average molecular weight is 446 g/mol. The molecule has 8 heteroatoms. The van der Waals surface area contributed by atoms with E-state index in [1.165, 1.54) is 18.2 Å². The second-order valence-electron chi connectivity index (χ2n) is 7.05. The molecule has 4 rings (SSSR count). The minimum absolute atomic E-state index is 0.0137. The molecule has 0 amide bonds. The number of aryl methyl sites for hydroxylation is 1. The topological polar surface area (TPSA) is 95.1 Å². The van der Waals surface area contributed by atoms with Gasteiger partial charge < -0.3 is 0 Å². The lowest BCUT2D eigenvalue weighted by molar-refractivity contribution is -0.384. The van der Waals surface area contributed by atoms with Gasteiger partial charge in [-0.15, -0.1) is 0 Å². The van der Waals surface area contributed by atoms with Gasteiger partial charge in [-0.1, -0.05) is 61.2 Å². The molecule has 0 spiro atoms. The van der Waals surface area contributed by atoms with Crippen molar-refractivity contribution in [2.24, 2.45) is 0 Å². The van der Waals surface area contributed by atoms with Gasteiger partial charge in [0.2, 0.25) is 0 Å². The molecule has 0 aliphatic carbocycles. The molecule has 0 aliphatic rings. The summed E-state index contributed by atoms with van der Waals surface area (Å²) >= 11 is 1.14. The van der Waals surface area contributed by atoms with Crippen molar-refractivity contribution in [3.63, 3.8) is 0 Å². The number of nitrogens with zero attached hydrogens (tertiary/aromatic N) is 3. The van der Waals surface area contributed by atoms with Crippen LogP contribution in [0.1, 0.15) is 22.8 Å². The van der Waals surface area contributed by atoms with Crippen molar-refractivity contribution in [1.29, 1.82) is 0 Å². The fourth-order valence-corrected chi connectivity index (χ4v) is 4.36. The summed E-state index contributed by atoms with van der Waals surface area (Å²) in [6, 6.07) is 20.3. The number of nitro groups is 1. The summed E-state index contributed by atoms with van der Waals surface area (Å²) in [6.45, 7) is 2.01. The maximum Gasteiger partial charge on any atom is 0.270 e. The highest BCUT2D eigenvalue weighted by atomic mass is 32.2. The van der Waals surface area contributed by atoms with Crippen LogP contribution in [0, 0.1) is 10.1 Å². The summed E-state index contributed by atoms with van der Waals surface area (Å²) in [5.74, 6) is -0.295. The summed E-state index contributed by atoms with van der Waals surface area (Å²) in [6.07, 6.45) is 0.728. The van der Waals surface area contributed by atoms with E-state index in [4.69, 9.17) is 0 Å². The Labute approximate surface area is 187 Å². The zero-order valence-electron chi connectivity index (χ0n) is 17.2. The molecule has 0 N–H and O–H groups in total. The van der Waals surface area contributed by atoms with Crippen LogP contribution < -0.4 is 5.56 Å². The molecule has 0 atom stereocenters. The summed E-state index contributed by atoms with van der Waals surface area (Å²) in [4.78, 5) is 41.3. The van der Waals surface area contributed by atoms with Crippen LogP contribution >= 0.6 is 11.8 Å². The Balaban J connectivity index is 1.77. The Bertz CT molecular complexity index is 1400. The molecule has 0 saturated heterocycles. The fourth-order valence-electron chi connectivity index (χ4n) is 3.46. The van der Waals surface area contributed by atoms with Gasteiger partial charge in [-0.25, -0.2) is 4.98 Å². The van der Waals surface area contributed by atoms with E-state index in [1.54, 1.807) is 28.8 Å². The van der Waals surface area contributed by atoms with E-state index in [0.29, 0.717) is 16.1 Å². The number of non-ortho nitro benzene ring substituents is 1. The third kappa shape index (κ3) is 4.17. The first-order chi connectivity index (χ1) is 15.5. The molecule has 3 aromatic carbocycles. The molecule has 0 radical (unpaired) electrons. The molecule has 0 aliphatic heterocycles. The van der Waals surface area contributed by atoms with Crippen molar-refractivity contribution in [3.8, 4) is 5.69 Å². The monoisotopic (exact) mass is 445 g/mol. The molecule has 0 fully saturated rings. The fraction of sp³-hybridized carbons (Fsp3) is 0.125. The number of rotatable bonds is 7. The van der Waals surface area contributed by atoms with Crippen LogP contribution in [-0.4, -0.2) is 26.0 Å². The number of aromatic nitrogens is 2. The van der Waals surface area contributed by atoms with E-state index >= 15 is 0 Å². The Morgan fingerprint density at radius 2 is 1.81 bits per heavy atom. The Morgan fingerprint density at radius 1 is 1.06 bits per heavy atom. The van der Waals surface area contributed by atoms with E-state index in [2.05, 4.69) is 4.98 Å². The number of ketones is 1. The summed E-state index contributed by atoms with van der Waals surface area (Å²) in [7, 11) is 0. The molecule has 160 valence electrons. The lowest BCUT2D eigenvalue weighted by atomic mass is 10.1. The van der Waals surface area contributed by atoms with E-state index in [-0.39, 0.29) is 28.3 Å². The number of hydrogen-bond acceptors (Lipinski definition) is 6. The first-order valence-corrected chi connectivity index (χ1v) is 11.0. The van der Waals surface area contributed by atoms with Crippen LogP contribution in [0.3, 0.4) is 0 Å². The molecule has 1 heterocycles. The van der Waals surface area contributed by atoms with Gasteiger partial charge >= 0.3 is 0 Å². The van der Waals surface area contributed by atoms with Gasteiger partial charge in [0.1, 0.15) is 0 Å². The SMILES string of the molecule is CCc1ccccc1-n1c(SCC(=O)c2cccc([N+](=O)[O-])c2)nc2ccccc2c1=O. The van der Waals surface area contributed by atoms with Gasteiger partial charge in [-0.2, -0.15) is 0 Å². The van der Waals surface area contributed by atoms with E-state index in [0.717, 1.165) is 29.4 Å². The van der Waals surface area contributed by atoms with Gasteiger partial charge in [-0.05, 0) is 30.2 Å². The summed E-state index contributed by atoms with van der Waals surface area (Å²) in [5, 5.41) is 11.9. The highest BCUT2D eigenvalue weighted by Gasteiger charge is 2.18. The normalized spacial score (nSPS) is 10.9. The van der Waals surface area contributed by atoms with E-state index < -0.39 is 4.92 Å². The maximum absolute atomic E-state index is 13.4. The second-order valence-corrected chi connectivity index (χ2v) is 8.00. The van der Waals surface area contributed by atoms with Crippen molar-refractivity contribution in [2.75, 3.05) is 5.75 Å². The van der Waals surface area contributed by atoms with Gasteiger partial charge in [0.25, 0.3) is 11.2 Å². The molecular weight excluding hydrogens is 426 g/mol. The zero-order valence-corrected chi connectivity index (χ0v) is 18.0. The van der Waals surface area contributed by atoms with Crippen molar-refractivity contribution in [2.45, 2.75) is 18.5 Å². The minimum Gasteiger partial charge on any atom is -0.293 e. The summed E-state index contributed by atoms with van der Waals surface area (Å²) in [5.41, 5.74) is 2.16. The number of nitro benzene ring substituents is 1. The number of hydrogen-bond donors (Lipinski definition) is 0. The third-order valence-electron chi connectivity index (χ3n) is 5.07. The maximum atomic E-state index is 13.4. The molecule has 32 heavy (non-hydrogen) atoms. The van der Waals surface area contributed by atoms with Gasteiger partial charge in [-0.3, -0.25) is 24.3 Å². The number of thioether (sulfide) groups is 1. The molecule has 4 aromatic rings. The van der Waals surface area contributed by atoms with Crippen LogP contribution in [0.25, 0.3) is 16.6 Å². The highest BCUT2D eigenvalue weighted by Crippen LogP contribution is 2.25. The number of carbonyl (C=O) groups excluding carboxylic acids is 1. The van der Waals surface area contributed by atoms with E-state index in [1.807, 2.05) is 37.3 Å². The molecular formula is C24H19N3O4S. The summed E-state index contributed by atoms with van der Waals surface area (Å²) < 4.78 is 1.55. The molecule has 0 saturated carbocycles. The second kappa shape index (κ2) is 9.15. The van der Waals surface area contributed by atoms with Crippen LogP contribution in [0.4, 0.5) is 5.69 Å². The number of benzene rings is 3. The van der Waals surface area contributed by atoms with Gasteiger partial charge in [0, 0.05) is 17.7 Å².